The van der Waals surface area contributed by atoms with Crippen molar-refractivity contribution < 1.29 is 47.8 Å². The number of hydrogen-bond acceptors (Lipinski definition) is 9. The van der Waals surface area contributed by atoms with Gasteiger partial charge in [-0.05, 0) is 57.8 Å². The van der Waals surface area contributed by atoms with E-state index in [1.807, 2.05) is 24.3 Å². The lowest BCUT2D eigenvalue weighted by molar-refractivity contribution is -0.161. The van der Waals surface area contributed by atoms with Gasteiger partial charge in [0.1, 0.15) is 12.7 Å². The molecule has 0 aromatic heterocycles. The van der Waals surface area contributed by atoms with Crippen LogP contribution in [0, 0.1) is 0 Å². The summed E-state index contributed by atoms with van der Waals surface area (Å²) >= 11 is 0. The molecule has 290 valence electrons. The van der Waals surface area contributed by atoms with Crippen LogP contribution in [-0.4, -0.2) is 65.7 Å². The van der Waals surface area contributed by atoms with Gasteiger partial charge >= 0.3 is 19.8 Å². The van der Waals surface area contributed by atoms with E-state index in [2.05, 4.69) is 42.7 Å². The maximum atomic E-state index is 12.5. The van der Waals surface area contributed by atoms with E-state index in [1.165, 1.54) is 44.9 Å². The van der Waals surface area contributed by atoms with Crippen LogP contribution in [0.1, 0.15) is 149 Å². The topological polar surface area (TPSA) is 149 Å². The number of carbonyl (C=O) groups excluding carboxylic acids is 2. The molecule has 0 aliphatic rings. The molecule has 0 spiro atoms. The quantitative estimate of drug-likeness (QED) is 0.0189. The van der Waals surface area contributed by atoms with Crippen LogP contribution in [0.2, 0.25) is 0 Å². The fourth-order valence-electron chi connectivity index (χ4n) is 4.81. The zero-order chi connectivity index (χ0) is 37.0. The first-order chi connectivity index (χ1) is 24.2. The van der Waals surface area contributed by atoms with Crippen LogP contribution in [0.15, 0.2) is 48.6 Å². The predicted octanol–water partition coefficient (Wildman–Crippen LogP) is 9.38. The Bertz CT molecular complexity index is 978. The molecular formula is C39H69O10P. The summed E-state index contributed by atoms with van der Waals surface area (Å²) in [6, 6.07) is 0. The molecular weight excluding hydrogens is 659 g/mol. The van der Waals surface area contributed by atoms with Crippen molar-refractivity contribution in [2.75, 3.05) is 26.4 Å². The smallest absolute Gasteiger partial charge is 0.462 e. The van der Waals surface area contributed by atoms with E-state index in [9.17, 15) is 24.2 Å². The number of allylic oxidation sites excluding steroid dienone is 8. The molecule has 2 unspecified atom stereocenters. The van der Waals surface area contributed by atoms with Gasteiger partial charge < -0.3 is 24.6 Å². The van der Waals surface area contributed by atoms with E-state index in [1.54, 1.807) is 0 Å². The summed E-state index contributed by atoms with van der Waals surface area (Å²) in [6.45, 7) is 2.17. The van der Waals surface area contributed by atoms with Gasteiger partial charge in [0, 0.05) is 12.8 Å². The van der Waals surface area contributed by atoms with Gasteiger partial charge in [0.25, 0.3) is 0 Å². The maximum absolute atomic E-state index is 12.5. The molecule has 3 N–H and O–H groups in total. The Kier molecular flexibility index (Phi) is 33.9. The standard InChI is InChI=1S/C39H69O10P/c1-3-5-7-9-11-13-15-17-19-20-22-24-26-28-30-38(42)46-34-37(35-48-50(44,45)47-33-36(41)32-40)49-39(43)31-29-27-25-23-21-18-16-14-12-10-8-6-4-2/h6,8,10,12,14,16,19-20,36-37,40-41H,3-5,7,9,11,13,15,17-18,21-35H2,1-2H3,(H,44,45)/b8-6+,12-10+,16-14+,20-19+/t36-,37?/m0/s1. The minimum absolute atomic E-state index is 0.157. The third-order valence-electron chi connectivity index (χ3n) is 7.78. The highest BCUT2D eigenvalue weighted by molar-refractivity contribution is 7.47. The molecule has 3 atom stereocenters. The Morgan fingerprint density at radius 1 is 0.620 bits per heavy atom. The number of unbranched alkanes of at least 4 members (excludes halogenated alkanes) is 15. The fourth-order valence-corrected chi connectivity index (χ4v) is 5.60. The van der Waals surface area contributed by atoms with Gasteiger partial charge in [0.2, 0.25) is 0 Å². The van der Waals surface area contributed by atoms with Crippen LogP contribution in [0.3, 0.4) is 0 Å². The molecule has 0 saturated heterocycles. The lowest BCUT2D eigenvalue weighted by atomic mass is 10.1. The summed E-state index contributed by atoms with van der Waals surface area (Å²) in [6.07, 6.45) is 35.1. The van der Waals surface area contributed by atoms with Crippen LogP contribution in [-0.2, 0) is 32.7 Å². The van der Waals surface area contributed by atoms with Crippen LogP contribution >= 0.6 is 7.82 Å². The summed E-state index contributed by atoms with van der Waals surface area (Å²) in [5, 5.41) is 18.3. The van der Waals surface area contributed by atoms with Gasteiger partial charge in [0.15, 0.2) is 6.10 Å². The minimum Gasteiger partial charge on any atom is -0.462 e. The van der Waals surface area contributed by atoms with Gasteiger partial charge in [-0.15, -0.1) is 0 Å². The highest BCUT2D eigenvalue weighted by Crippen LogP contribution is 2.43. The van der Waals surface area contributed by atoms with E-state index < -0.39 is 51.8 Å². The number of aliphatic hydroxyl groups excluding tert-OH is 2. The van der Waals surface area contributed by atoms with Gasteiger partial charge in [-0.1, -0.05) is 127 Å². The highest BCUT2D eigenvalue weighted by Gasteiger charge is 2.27. The van der Waals surface area contributed by atoms with E-state index in [-0.39, 0.29) is 19.4 Å². The molecule has 0 aromatic rings. The first kappa shape index (κ1) is 47.9. The SMILES string of the molecule is CC/C=C/C=C/C=C/CCCCCCCC(=O)OC(COC(=O)CCCCC/C=C/CCCCCCCCC)COP(=O)(O)OC[C@@H](O)CO. The largest absolute Gasteiger partial charge is 0.472 e. The normalized spacial score (nSPS) is 14.6. The number of phosphoric ester groups is 1. The number of esters is 2. The number of carbonyl (C=O) groups is 2. The summed E-state index contributed by atoms with van der Waals surface area (Å²) in [5.74, 6) is -0.972. The number of rotatable bonds is 35. The third kappa shape index (κ3) is 34.4. The lowest BCUT2D eigenvalue weighted by Gasteiger charge is -2.20. The lowest BCUT2D eigenvalue weighted by Crippen LogP contribution is -2.29. The van der Waals surface area contributed by atoms with Crippen molar-refractivity contribution in [3.05, 3.63) is 48.6 Å². The molecule has 0 aliphatic heterocycles. The van der Waals surface area contributed by atoms with Crippen LogP contribution < -0.4 is 0 Å². The Balaban J connectivity index is 4.43. The first-order valence-corrected chi connectivity index (χ1v) is 20.6. The van der Waals surface area contributed by atoms with Crippen molar-refractivity contribution in [2.24, 2.45) is 0 Å². The average Bonchev–Trinajstić information content (AvgIpc) is 3.10. The molecule has 11 heteroatoms. The monoisotopic (exact) mass is 728 g/mol. The molecule has 50 heavy (non-hydrogen) atoms. The van der Waals surface area contributed by atoms with Crippen LogP contribution in [0.5, 0.6) is 0 Å². The van der Waals surface area contributed by atoms with Gasteiger partial charge in [-0.2, -0.15) is 0 Å². The minimum atomic E-state index is -4.62. The molecule has 0 heterocycles. The van der Waals surface area contributed by atoms with E-state index in [4.69, 9.17) is 19.1 Å². The molecule has 0 amide bonds. The fraction of sp³-hybridized carbons (Fsp3) is 0.744. The molecule has 0 fully saturated rings. The number of hydrogen-bond donors (Lipinski definition) is 3. The van der Waals surface area contributed by atoms with Crippen molar-refractivity contribution in [3.8, 4) is 0 Å². The van der Waals surface area contributed by atoms with Crippen LogP contribution in [0.4, 0.5) is 0 Å². The Morgan fingerprint density at radius 3 is 1.72 bits per heavy atom. The zero-order valence-electron chi connectivity index (χ0n) is 31.1. The number of ether oxygens (including phenoxy) is 2. The third-order valence-corrected chi connectivity index (χ3v) is 8.73. The van der Waals surface area contributed by atoms with Gasteiger partial charge in [-0.3, -0.25) is 18.6 Å². The highest BCUT2D eigenvalue weighted by atomic mass is 31.2. The summed E-state index contributed by atoms with van der Waals surface area (Å²) in [5.41, 5.74) is 0. The van der Waals surface area contributed by atoms with Crippen LogP contribution in [0.25, 0.3) is 0 Å². The van der Waals surface area contributed by atoms with E-state index >= 15 is 0 Å². The summed E-state index contributed by atoms with van der Waals surface area (Å²) < 4.78 is 32.5. The summed E-state index contributed by atoms with van der Waals surface area (Å²) in [4.78, 5) is 34.8. The Morgan fingerprint density at radius 2 is 1.12 bits per heavy atom. The van der Waals surface area contributed by atoms with Crippen molar-refractivity contribution in [3.63, 3.8) is 0 Å². The number of phosphoric acid groups is 1. The molecule has 10 nitrogen and oxygen atoms in total. The second-order valence-corrected chi connectivity index (χ2v) is 14.1. The second-order valence-electron chi connectivity index (χ2n) is 12.6. The van der Waals surface area contributed by atoms with E-state index in [0.717, 1.165) is 64.2 Å². The molecule has 0 saturated carbocycles. The zero-order valence-corrected chi connectivity index (χ0v) is 32.0. The van der Waals surface area contributed by atoms with Gasteiger partial charge in [0.05, 0.1) is 19.8 Å². The number of aliphatic hydroxyl groups is 2. The maximum Gasteiger partial charge on any atom is 0.472 e. The Hall–Kier alpha value is -2.07. The van der Waals surface area contributed by atoms with Crippen molar-refractivity contribution in [1.82, 2.24) is 0 Å². The predicted molar refractivity (Wildman–Crippen MR) is 201 cm³/mol. The molecule has 0 aromatic carbocycles. The second kappa shape index (κ2) is 35.3. The molecule has 0 aliphatic carbocycles. The summed E-state index contributed by atoms with van der Waals surface area (Å²) in [7, 11) is -4.62. The Labute approximate surface area is 303 Å². The molecule has 0 rings (SSSR count). The molecule has 0 bridgehead atoms. The van der Waals surface area contributed by atoms with Gasteiger partial charge in [-0.25, -0.2) is 4.57 Å². The average molecular weight is 729 g/mol. The van der Waals surface area contributed by atoms with Crippen molar-refractivity contribution in [1.29, 1.82) is 0 Å². The molecule has 0 radical (unpaired) electrons. The van der Waals surface area contributed by atoms with E-state index in [0.29, 0.717) is 12.8 Å². The van der Waals surface area contributed by atoms with Crippen molar-refractivity contribution >= 4 is 19.8 Å². The first-order valence-electron chi connectivity index (χ1n) is 19.1. The van der Waals surface area contributed by atoms with Crippen molar-refractivity contribution in [2.45, 2.75) is 161 Å².